The minimum Gasteiger partial charge on any atom is -0.340 e. The second-order valence-corrected chi connectivity index (χ2v) is 11.5. The molecule has 0 amide bonds. The third-order valence-corrected chi connectivity index (χ3v) is 8.81. The van der Waals surface area contributed by atoms with E-state index in [0.717, 1.165) is 45.0 Å². The number of para-hydroxylation sites is 1. The highest BCUT2D eigenvalue weighted by molar-refractivity contribution is 7.89. The summed E-state index contributed by atoms with van der Waals surface area (Å²) in [6, 6.07) is 23.2. The van der Waals surface area contributed by atoms with Crippen LogP contribution in [0.25, 0.3) is 27.9 Å². The van der Waals surface area contributed by atoms with E-state index in [9.17, 15) is 8.42 Å². The second-order valence-electron chi connectivity index (χ2n) is 9.54. The molecular weight excluding hydrogens is 484 g/mol. The van der Waals surface area contributed by atoms with Crippen LogP contribution >= 0.6 is 0 Å². The molecule has 1 aliphatic rings. The molecule has 2 aromatic heterocycles. The quantitative estimate of drug-likeness (QED) is 0.354. The molecule has 37 heavy (non-hydrogen) atoms. The predicted molar refractivity (Wildman–Crippen MR) is 145 cm³/mol. The van der Waals surface area contributed by atoms with E-state index in [-0.39, 0.29) is 0 Å². The lowest BCUT2D eigenvalue weighted by Crippen LogP contribution is -2.36. The van der Waals surface area contributed by atoms with Crippen molar-refractivity contribution >= 4 is 32.5 Å². The van der Waals surface area contributed by atoms with Crippen molar-refractivity contribution in [3.8, 4) is 11.4 Å². The van der Waals surface area contributed by atoms with Crippen LogP contribution in [0, 0.1) is 13.8 Å². The van der Waals surface area contributed by atoms with E-state index in [0.29, 0.717) is 37.5 Å². The fraction of sp³-hybridized carbons (Fsp3) is 0.250. The number of nitrogens with zero attached hydrogens (tertiary/aromatic N) is 6. The van der Waals surface area contributed by atoms with E-state index in [1.54, 1.807) is 16.4 Å². The molecule has 0 radical (unpaired) electrons. The molecule has 0 unspecified atom stereocenters. The average molecular weight is 513 g/mol. The SMILES string of the molecule is Cc1ccc(S(=O)(=O)N2CCCN(c3nc4ccccc4c4nnc(-c5cccc(C)c5)n34)CC2)cc1. The summed E-state index contributed by atoms with van der Waals surface area (Å²) in [5.41, 5.74) is 4.71. The van der Waals surface area contributed by atoms with Gasteiger partial charge in [-0.15, -0.1) is 10.2 Å². The van der Waals surface area contributed by atoms with Gasteiger partial charge in [0.2, 0.25) is 16.0 Å². The number of hydrogen-bond acceptors (Lipinski definition) is 6. The number of aryl methyl sites for hydroxylation is 2. The summed E-state index contributed by atoms with van der Waals surface area (Å²) in [5, 5.41) is 10.1. The number of rotatable bonds is 4. The molecule has 9 heteroatoms. The first-order chi connectivity index (χ1) is 17.9. The van der Waals surface area contributed by atoms with Gasteiger partial charge in [-0.25, -0.2) is 17.8 Å². The summed E-state index contributed by atoms with van der Waals surface area (Å²) in [6.45, 7) is 6.01. The fourth-order valence-corrected chi connectivity index (χ4v) is 6.41. The van der Waals surface area contributed by atoms with Crippen molar-refractivity contribution in [2.75, 3.05) is 31.1 Å². The normalized spacial score (nSPS) is 15.4. The van der Waals surface area contributed by atoms with Crippen molar-refractivity contribution < 1.29 is 8.42 Å². The third-order valence-electron chi connectivity index (χ3n) is 6.90. The van der Waals surface area contributed by atoms with Gasteiger partial charge in [-0.1, -0.05) is 53.6 Å². The van der Waals surface area contributed by atoms with Gasteiger partial charge in [0.1, 0.15) is 0 Å². The molecular formula is C28H28N6O2S. The minimum absolute atomic E-state index is 0.332. The molecule has 0 atom stereocenters. The number of fused-ring (bicyclic) bond motifs is 3. The van der Waals surface area contributed by atoms with Crippen molar-refractivity contribution in [1.29, 1.82) is 0 Å². The summed E-state index contributed by atoms with van der Waals surface area (Å²) < 4.78 is 30.4. The first kappa shape index (κ1) is 23.6. The van der Waals surface area contributed by atoms with E-state index in [4.69, 9.17) is 4.98 Å². The standard InChI is InChI=1S/C28H28N6O2S/c1-20-11-13-23(14-12-20)37(35,36)33-16-6-15-32(17-18-33)28-29-25-10-4-3-9-24(25)27-31-30-26(34(27)28)22-8-5-7-21(2)19-22/h3-5,7-14,19H,6,15-18H2,1-2H3. The third kappa shape index (κ3) is 4.24. The Hall–Kier alpha value is -3.82. The van der Waals surface area contributed by atoms with Crippen LogP contribution < -0.4 is 4.90 Å². The van der Waals surface area contributed by atoms with Crippen LogP contribution in [0.2, 0.25) is 0 Å². The predicted octanol–water partition coefficient (Wildman–Crippen LogP) is 4.46. The number of anilines is 1. The van der Waals surface area contributed by atoms with Gasteiger partial charge in [-0.2, -0.15) is 4.31 Å². The van der Waals surface area contributed by atoms with E-state index in [1.165, 1.54) is 0 Å². The highest BCUT2D eigenvalue weighted by Crippen LogP contribution is 2.30. The minimum atomic E-state index is -3.58. The molecule has 1 saturated heterocycles. The Morgan fingerprint density at radius 3 is 2.41 bits per heavy atom. The molecule has 3 aromatic carbocycles. The Bertz CT molecular complexity index is 1710. The van der Waals surface area contributed by atoms with Crippen LogP contribution in [0.5, 0.6) is 0 Å². The van der Waals surface area contributed by atoms with E-state index in [2.05, 4.69) is 34.2 Å². The Kier molecular flexibility index (Phi) is 5.89. The van der Waals surface area contributed by atoms with Gasteiger partial charge in [-0.05, 0) is 50.6 Å². The summed E-state index contributed by atoms with van der Waals surface area (Å²) >= 11 is 0. The molecule has 1 fully saturated rings. The summed E-state index contributed by atoms with van der Waals surface area (Å²) in [4.78, 5) is 7.54. The van der Waals surface area contributed by atoms with Crippen LogP contribution in [-0.4, -0.2) is 58.5 Å². The number of sulfonamides is 1. The maximum absolute atomic E-state index is 13.4. The van der Waals surface area contributed by atoms with Crippen LogP contribution in [0.1, 0.15) is 17.5 Å². The zero-order chi connectivity index (χ0) is 25.6. The Balaban J connectivity index is 1.42. The van der Waals surface area contributed by atoms with Gasteiger partial charge >= 0.3 is 0 Å². The molecule has 0 bridgehead atoms. The fourth-order valence-electron chi connectivity index (χ4n) is 4.94. The molecule has 5 aromatic rings. The molecule has 0 aliphatic carbocycles. The van der Waals surface area contributed by atoms with Crippen LogP contribution in [0.4, 0.5) is 5.95 Å². The molecule has 8 nitrogen and oxygen atoms in total. The molecule has 0 N–H and O–H groups in total. The zero-order valence-corrected chi connectivity index (χ0v) is 21.7. The first-order valence-corrected chi connectivity index (χ1v) is 13.9. The average Bonchev–Trinajstić information content (AvgIpc) is 3.19. The smallest absolute Gasteiger partial charge is 0.243 e. The van der Waals surface area contributed by atoms with Crippen molar-refractivity contribution in [1.82, 2.24) is 23.9 Å². The highest BCUT2D eigenvalue weighted by Gasteiger charge is 2.29. The van der Waals surface area contributed by atoms with Gasteiger partial charge in [-0.3, -0.25) is 0 Å². The van der Waals surface area contributed by atoms with Gasteiger partial charge in [0.15, 0.2) is 11.5 Å². The number of benzene rings is 3. The topological polar surface area (TPSA) is 83.7 Å². The van der Waals surface area contributed by atoms with E-state index < -0.39 is 10.0 Å². The van der Waals surface area contributed by atoms with Gasteiger partial charge in [0, 0.05) is 37.1 Å². The molecule has 188 valence electrons. The molecule has 1 aliphatic heterocycles. The molecule has 6 rings (SSSR count). The first-order valence-electron chi connectivity index (χ1n) is 12.4. The van der Waals surface area contributed by atoms with E-state index in [1.807, 2.05) is 59.9 Å². The van der Waals surface area contributed by atoms with Crippen LogP contribution in [0.3, 0.4) is 0 Å². The summed E-state index contributed by atoms with van der Waals surface area (Å²) in [6.07, 6.45) is 0.684. The molecule has 0 spiro atoms. The Morgan fingerprint density at radius 1 is 0.784 bits per heavy atom. The Labute approximate surface area is 216 Å². The lowest BCUT2D eigenvalue weighted by Gasteiger charge is -2.24. The maximum atomic E-state index is 13.4. The summed E-state index contributed by atoms with van der Waals surface area (Å²) in [5.74, 6) is 1.45. The van der Waals surface area contributed by atoms with Gasteiger partial charge in [0.05, 0.1) is 10.4 Å². The van der Waals surface area contributed by atoms with Gasteiger partial charge in [0.25, 0.3) is 0 Å². The number of aromatic nitrogens is 4. The lowest BCUT2D eigenvalue weighted by atomic mass is 10.1. The second kappa shape index (κ2) is 9.24. The van der Waals surface area contributed by atoms with Crippen molar-refractivity contribution in [2.24, 2.45) is 0 Å². The van der Waals surface area contributed by atoms with Crippen molar-refractivity contribution in [3.63, 3.8) is 0 Å². The van der Waals surface area contributed by atoms with Crippen molar-refractivity contribution in [3.05, 3.63) is 83.9 Å². The lowest BCUT2D eigenvalue weighted by molar-refractivity contribution is 0.433. The molecule has 3 heterocycles. The number of hydrogen-bond donors (Lipinski definition) is 0. The zero-order valence-electron chi connectivity index (χ0n) is 20.9. The van der Waals surface area contributed by atoms with Gasteiger partial charge < -0.3 is 4.90 Å². The monoisotopic (exact) mass is 512 g/mol. The molecule has 0 saturated carbocycles. The highest BCUT2D eigenvalue weighted by atomic mass is 32.2. The van der Waals surface area contributed by atoms with Crippen molar-refractivity contribution in [2.45, 2.75) is 25.2 Å². The largest absolute Gasteiger partial charge is 0.340 e. The Morgan fingerprint density at radius 2 is 1.59 bits per heavy atom. The summed E-state index contributed by atoms with van der Waals surface area (Å²) in [7, 11) is -3.58. The maximum Gasteiger partial charge on any atom is 0.243 e. The van der Waals surface area contributed by atoms with Crippen LogP contribution in [0.15, 0.2) is 77.7 Å². The van der Waals surface area contributed by atoms with E-state index >= 15 is 0 Å². The van der Waals surface area contributed by atoms with Crippen LogP contribution in [-0.2, 0) is 10.0 Å².